The first-order chi connectivity index (χ1) is 6.84. The van der Waals surface area contributed by atoms with E-state index in [1.54, 1.807) is 0 Å². The number of hydrogen-bond acceptors (Lipinski definition) is 2. The van der Waals surface area contributed by atoms with Crippen molar-refractivity contribution in [3.63, 3.8) is 0 Å². The third-order valence-corrected chi connectivity index (χ3v) is 3.88. The smallest absolute Gasteiger partial charge is 0.0765 e. The van der Waals surface area contributed by atoms with Crippen LogP contribution >= 0.6 is 24.0 Å². The number of benzene rings is 1. The van der Waals surface area contributed by atoms with E-state index in [0.29, 0.717) is 5.25 Å². The van der Waals surface area contributed by atoms with Gasteiger partial charge in [0.25, 0.3) is 0 Å². The summed E-state index contributed by atoms with van der Waals surface area (Å²) in [5.74, 6) is 1.09. The Morgan fingerprint density at radius 1 is 1.36 bits per heavy atom. The topological polar surface area (TPSA) is 12.0 Å². The van der Waals surface area contributed by atoms with Gasteiger partial charge in [-0.2, -0.15) is 11.8 Å². The van der Waals surface area contributed by atoms with Crippen LogP contribution in [0.2, 0.25) is 0 Å². The first-order valence-corrected chi connectivity index (χ1v) is 6.22. The van der Waals surface area contributed by atoms with Crippen molar-refractivity contribution in [2.75, 3.05) is 6.54 Å². The van der Waals surface area contributed by atoms with Gasteiger partial charge in [0.15, 0.2) is 0 Å². The molecule has 74 valence electrons. The van der Waals surface area contributed by atoms with Crippen molar-refractivity contribution in [1.29, 1.82) is 0 Å². The molecule has 1 heterocycles. The van der Waals surface area contributed by atoms with Crippen LogP contribution in [-0.4, -0.2) is 16.8 Å². The maximum absolute atomic E-state index is 5.10. The summed E-state index contributed by atoms with van der Waals surface area (Å²) in [6.07, 6.45) is 1.05. The molecule has 1 aliphatic rings. The third kappa shape index (κ3) is 2.72. The first-order valence-electron chi connectivity index (χ1n) is 4.77. The molecule has 14 heavy (non-hydrogen) atoms. The van der Waals surface area contributed by atoms with Gasteiger partial charge in [0.1, 0.15) is 0 Å². The highest BCUT2D eigenvalue weighted by Crippen LogP contribution is 2.22. The van der Waals surface area contributed by atoms with Crippen molar-refractivity contribution < 1.29 is 0 Å². The average Bonchev–Trinajstić information content (AvgIpc) is 2.63. The highest BCUT2D eigenvalue weighted by Gasteiger charge is 2.18. The summed E-state index contributed by atoms with van der Waals surface area (Å²) in [5, 5.41) is 3.89. The predicted molar refractivity (Wildman–Crippen MR) is 66.7 cm³/mol. The van der Waals surface area contributed by atoms with E-state index in [1.807, 2.05) is 11.8 Å². The van der Waals surface area contributed by atoms with E-state index in [2.05, 4.69) is 35.6 Å². The molecule has 0 radical (unpaired) electrons. The van der Waals surface area contributed by atoms with E-state index >= 15 is 0 Å². The third-order valence-electron chi connectivity index (χ3n) is 2.27. The van der Waals surface area contributed by atoms with E-state index in [4.69, 9.17) is 12.2 Å². The Labute approximate surface area is 94.3 Å². The molecular weight excluding hydrogens is 210 g/mol. The molecule has 1 aromatic rings. The molecule has 0 aliphatic carbocycles. The Balaban J connectivity index is 1.80. The summed E-state index contributed by atoms with van der Waals surface area (Å²) in [6.45, 7) is 1.04. The van der Waals surface area contributed by atoms with Crippen LogP contribution in [0.3, 0.4) is 0 Å². The molecule has 0 unspecified atom stereocenters. The van der Waals surface area contributed by atoms with Gasteiger partial charge in [-0.3, -0.25) is 0 Å². The lowest BCUT2D eigenvalue weighted by atomic mass is 10.2. The molecule has 1 nitrogen and oxygen atoms in total. The SMILES string of the molecule is S=C1C[C@@H](SCc2ccccc2)CN1. The van der Waals surface area contributed by atoms with Crippen LogP contribution in [0.5, 0.6) is 0 Å². The molecule has 0 amide bonds. The molecule has 2 rings (SSSR count). The monoisotopic (exact) mass is 223 g/mol. The van der Waals surface area contributed by atoms with Crippen molar-refractivity contribution in [3.05, 3.63) is 35.9 Å². The Morgan fingerprint density at radius 2 is 2.14 bits per heavy atom. The van der Waals surface area contributed by atoms with Gasteiger partial charge >= 0.3 is 0 Å². The van der Waals surface area contributed by atoms with Crippen LogP contribution in [0.25, 0.3) is 0 Å². The van der Waals surface area contributed by atoms with Crippen molar-refractivity contribution in [3.8, 4) is 0 Å². The quantitative estimate of drug-likeness (QED) is 0.791. The lowest BCUT2D eigenvalue weighted by molar-refractivity contribution is 0.929. The van der Waals surface area contributed by atoms with Gasteiger partial charge in [-0.1, -0.05) is 42.5 Å². The van der Waals surface area contributed by atoms with Crippen LogP contribution in [0.4, 0.5) is 0 Å². The maximum Gasteiger partial charge on any atom is 0.0765 e. The lowest BCUT2D eigenvalue weighted by Crippen LogP contribution is -2.13. The minimum atomic E-state index is 0.669. The molecule has 1 saturated heterocycles. The molecule has 1 fully saturated rings. The van der Waals surface area contributed by atoms with Gasteiger partial charge in [0, 0.05) is 24.0 Å². The maximum atomic E-state index is 5.10. The molecule has 0 saturated carbocycles. The zero-order valence-electron chi connectivity index (χ0n) is 7.90. The standard InChI is InChI=1S/C11H13NS2/c13-11-6-10(7-12-11)14-8-9-4-2-1-3-5-9/h1-5,10H,6-8H2,(H,12,13)/t10-/m1/s1. The number of thioether (sulfide) groups is 1. The summed E-state index contributed by atoms with van der Waals surface area (Å²) >= 11 is 7.09. The molecule has 0 bridgehead atoms. The van der Waals surface area contributed by atoms with Crippen LogP contribution in [0.15, 0.2) is 30.3 Å². The largest absolute Gasteiger partial charge is 0.378 e. The summed E-state index contributed by atoms with van der Waals surface area (Å²) in [4.78, 5) is 1.02. The van der Waals surface area contributed by atoms with Crippen LogP contribution in [0, 0.1) is 0 Å². The molecule has 0 aromatic heterocycles. The molecule has 3 heteroatoms. The normalized spacial score (nSPS) is 20.9. The Hall–Kier alpha value is -0.540. The van der Waals surface area contributed by atoms with Gasteiger partial charge in [0.05, 0.1) is 4.99 Å². The van der Waals surface area contributed by atoms with Crippen molar-refractivity contribution in [2.45, 2.75) is 17.4 Å². The van der Waals surface area contributed by atoms with E-state index in [0.717, 1.165) is 23.7 Å². The molecule has 1 atom stereocenters. The number of hydrogen-bond donors (Lipinski definition) is 1. The molecule has 1 N–H and O–H groups in total. The van der Waals surface area contributed by atoms with Crippen LogP contribution in [-0.2, 0) is 5.75 Å². The van der Waals surface area contributed by atoms with E-state index in [-0.39, 0.29) is 0 Å². The zero-order valence-corrected chi connectivity index (χ0v) is 9.53. The van der Waals surface area contributed by atoms with E-state index in [1.165, 1.54) is 5.56 Å². The van der Waals surface area contributed by atoms with E-state index in [9.17, 15) is 0 Å². The Kier molecular flexibility index (Phi) is 3.43. The summed E-state index contributed by atoms with van der Waals surface area (Å²) in [7, 11) is 0. The fraction of sp³-hybridized carbons (Fsp3) is 0.364. The summed E-state index contributed by atoms with van der Waals surface area (Å²) in [6, 6.07) is 10.6. The predicted octanol–water partition coefficient (Wildman–Crippen LogP) is 2.61. The minimum absolute atomic E-state index is 0.669. The van der Waals surface area contributed by atoms with Crippen molar-refractivity contribution in [1.82, 2.24) is 5.32 Å². The van der Waals surface area contributed by atoms with Gasteiger partial charge in [-0.25, -0.2) is 0 Å². The highest BCUT2D eigenvalue weighted by atomic mass is 32.2. The van der Waals surface area contributed by atoms with Crippen LogP contribution in [0.1, 0.15) is 12.0 Å². The fourth-order valence-corrected chi connectivity index (χ4v) is 2.98. The average molecular weight is 223 g/mol. The van der Waals surface area contributed by atoms with Crippen LogP contribution < -0.4 is 5.32 Å². The highest BCUT2D eigenvalue weighted by molar-refractivity contribution is 7.99. The zero-order chi connectivity index (χ0) is 9.80. The second-order valence-corrected chi connectivity index (χ2v) is 5.21. The van der Waals surface area contributed by atoms with Gasteiger partial charge in [-0.15, -0.1) is 0 Å². The molecule has 1 aromatic carbocycles. The van der Waals surface area contributed by atoms with E-state index < -0.39 is 0 Å². The lowest BCUT2D eigenvalue weighted by Gasteiger charge is -2.06. The summed E-state index contributed by atoms with van der Waals surface area (Å²) in [5.41, 5.74) is 1.40. The molecular formula is C11H13NS2. The first kappa shape index (κ1) is 9.99. The van der Waals surface area contributed by atoms with Crippen molar-refractivity contribution in [2.24, 2.45) is 0 Å². The number of rotatable bonds is 3. The van der Waals surface area contributed by atoms with Crippen molar-refractivity contribution >= 4 is 29.0 Å². The Morgan fingerprint density at radius 3 is 2.79 bits per heavy atom. The molecule has 1 aliphatic heterocycles. The second kappa shape index (κ2) is 4.80. The number of nitrogens with one attached hydrogen (secondary N) is 1. The number of thiocarbonyl (C=S) groups is 1. The van der Waals surface area contributed by atoms with Gasteiger partial charge < -0.3 is 5.32 Å². The fourth-order valence-electron chi connectivity index (χ4n) is 1.48. The Bertz CT molecular complexity index is 310. The van der Waals surface area contributed by atoms with Gasteiger partial charge in [0.2, 0.25) is 0 Å². The molecule has 0 spiro atoms. The second-order valence-electron chi connectivity index (χ2n) is 3.43. The minimum Gasteiger partial charge on any atom is -0.378 e. The van der Waals surface area contributed by atoms with Gasteiger partial charge in [-0.05, 0) is 5.56 Å². The summed E-state index contributed by atoms with van der Waals surface area (Å²) < 4.78 is 0.